The van der Waals surface area contributed by atoms with Crippen LogP contribution >= 0.6 is 22.6 Å². The van der Waals surface area contributed by atoms with E-state index in [1.54, 1.807) is 0 Å². The highest BCUT2D eigenvalue weighted by molar-refractivity contribution is 14.1. The first-order chi connectivity index (χ1) is 9.17. The molecule has 98 valence electrons. The number of ether oxygens (including phenoxy) is 2. The maximum atomic E-state index is 5.86. The Bertz CT molecular complexity index is 636. The first-order valence-corrected chi connectivity index (χ1v) is 7.41. The highest BCUT2D eigenvalue weighted by atomic mass is 127. The molecule has 0 saturated carbocycles. The highest BCUT2D eigenvalue weighted by Gasteiger charge is 2.48. The molecule has 0 amide bonds. The number of fused-ring (bicyclic) bond motifs is 3. The molecule has 0 fully saturated rings. The van der Waals surface area contributed by atoms with Crippen molar-refractivity contribution in [3.63, 3.8) is 0 Å². The fourth-order valence-corrected chi connectivity index (χ4v) is 3.20. The second-order valence-electron chi connectivity index (χ2n) is 5.17. The number of alkyl halides is 1. The maximum Gasteiger partial charge on any atom is 0.374 e. The summed E-state index contributed by atoms with van der Waals surface area (Å²) in [6, 6.07) is 10.7. The van der Waals surface area contributed by atoms with Crippen molar-refractivity contribution in [1.82, 2.24) is 4.57 Å². The number of hydrogen-bond acceptors (Lipinski definition) is 2. The van der Waals surface area contributed by atoms with Crippen molar-refractivity contribution in [3.8, 4) is 11.8 Å². The van der Waals surface area contributed by atoms with E-state index in [-0.39, 0.29) is 9.59 Å². The van der Waals surface area contributed by atoms with Gasteiger partial charge in [0.1, 0.15) is 13.2 Å². The number of rotatable bonds is 1. The summed E-state index contributed by atoms with van der Waals surface area (Å²) in [6.45, 7) is 3.53. The minimum atomic E-state index is -0.0327. The van der Waals surface area contributed by atoms with E-state index in [0.717, 1.165) is 11.8 Å². The molecule has 0 aliphatic carbocycles. The van der Waals surface area contributed by atoms with Gasteiger partial charge in [-0.3, -0.25) is 0 Å². The average Bonchev–Trinajstić information content (AvgIpc) is 3.03. The monoisotopic (exact) mass is 369 g/mol. The van der Waals surface area contributed by atoms with E-state index in [1.807, 2.05) is 6.07 Å². The fourth-order valence-electron chi connectivity index (χ4n) is 2.70. The summed E-state index contributed by atoms with van der Waals surface area (Å²) in [7, 11) is 0. The number of halogens is 1. The molecular formula is C14H14IN2O2+. The first kappa shape index (κ1) is 11.6. The summed E-state index contributed by atoms with van der Waals surface area (Å²) in [5, 5.41) is 0. The molecule has 4 rings (SSSR count). The SMILES string of the molecule is CC1(I)COc2c3[n+](cn21)[C@@H](c1ccccc1)CO3. The summed E-state index contributed by atoms with van der Waals surface area (Å²) in [5.74, 6) is 1.71. The van der Waals surface area contributed by atoms with Gasteiger partial charge in [-0.05, 0) is 29.5 Å². The Labute approximate surface area is 125 Å². The first-order valence-electron chi connectivity index (χ1n) is 6.33. The zero-order valence-corrected chi connectivity index (χ0v) is 12.7. The normalized spacial score (nSPS) is 27.6. The van der Waals surface area contributed by atoms with Crippen LogP contribution in [0, 0.1) is 0 Å². The Morgan fingerprint density at radius 3 is 2.89 bits per heavy atom. The molecule has 3 heterocycles. The lowest BCUT2D eigenvalue weighted by atomic mass is 10.1. The van der Waals surface area contributed by atoms with Crippen LogP contribution in [0.5, 0.6) is 11.8 Å². The molecule has 2 aromatic rings. The number of imidazole rings is 1. The Kier molecular flexibility index (Phi) is 2.36. The van der Waals surface area contributed by atoms with Gasteiger partial charge in [-0.25, -0.2) is 0 Å². The average molecular weight is 369 g/mol. The third-order valence-corrected chi connectivity index (χ3v) is 4.58. The molecule has 2 aliphatic heterocycles. The van der Waals surface area contributed by atoms with Crippen LogP contribution < -0.4 is 14.0 Å². The number of benzene rings is 1. The lowest BCUT2D eigenvalue weighted by Gasteiger charge is -2.10. The van der Waals surface area contributed by atoms with Gasteiger partial charge in [0, 0.05) is 5.56 Å². The van der Waals surface area contributed by atoms with E-state index in [9.17, 15) is 0 Å². The van der Waals surface area contributed by atoms with Crippen molar-refractivity contribution in [1.29, 1.82) is 0 Å². The zero-order chi connectivity index (χ0) is 13.0. The van der Waals surface area contributed by atoms with Gasteiger partial charge in [0.15, 0.2) is 9.59 Å². The van der Waals surface area contributed by atoms with Crippen molar-refractivity contribution >= 4 is 22.6 Å². The third-order valence-electron chi connectivity index (χ3n) is 3.75. The van der Waals surface area contributed by atoms with Crippen LogP contribution in [0.3, 0.4) is 0 Å². The Hall–Kier alpha value is -1.24. The second-order valence-corrected chi connectivity index (χ2v) is 7.50. The second kappa shape index (κ2) is 3.88. The summed E-state index contributed by atoms with van der Waals surface area (Å²) < 4.78 is 16.0. The molecule has 0 radical (unpaired) electrons. The molecule has 0 saturated heterocycles. The minimum absolute atomic E-state index is 0.0327. The Morgan fingerprint density at radius 1 is 1.32 bits per heavy atom. The van der Waals surface area contributed by atoms with Crippen LogP contribution in [0.1, 0.15) is 18.5 Å². The van der Waals surface area contributed by atoms with E-state index >= 15 is 0 Å². The molecule has 2 aliphatic rings. The molecule has 0 bridgehead atoms. The number of hydrogen-bond donors (Lipinski definition) is 0. The van der Waals surface area contributed by atoms with Crippen LogP contribution in [0.15, 0.2) is 36.7 Å². The molecule has 1 aromatic heterocycles. The van der Waals surface area contributed by atoms with Gasteiger partial charge >= 0.3 is 11.8 Å². The molecule has 0 N–H and O–H groups in total. The van der Waals surface area contributed by atoms with Crippen LogP contribution in [0.2, 0.25) is 0 Å². The summed E-state index contributed by atoms with van der Waals surface area (Å²) >= 11 is 2.42. The summed E-state index contributed by atoms with van der Waals surface area (Å²) in [4.78, 5) is 0. The van der Waals surface area contributed by atoms with E-state index in [4.69, 9.17) is 9.47 Å². The molecule has 1 unspecified atom stereocenters. The largest absolute Gasteiger partial charge is 0.452 e. The van der Waals surface area contributed by atoms with Crippen molar-refractivity contribution in [2.45, 2.75) is 16.5 Å². The molecular weight excluding hydrogens is 355 g/mol. The van der Waals surface area contributed by atoms with Gasteiger partial charge in [0.05, 0.1) is 0 Å². The van der Waals surface area contributed by atoms with Gasteiger partial charge in [-0.15, -0.1) is 0 Å². The molecule has 2 atom stereocenters. The van der Waals surface area contributed by atoms with Crippen LogP contribution in [-0.2, 0) is 3.55 Å². The van der Waals surface area contributed by atoms with Gasteiger partial charge < -0.3 is 9.47 Å². The highest BCUT2D eigenvalue weighted by Crippen LogP contribution is 2.43. The third kappa shape index (κ3) is 1.60. The van der Waals surface area contributed by atoms with Crippen molar-refractivity contribution in [2.75, 3.05) is 13.2 Å². The standard InChI is InChI=1S/C14H14IN2O2/c1-14(15)8-19-13-12-16(9-17(13)14)11(7-18-12)10-5-3-2-4-6-10/h2-6,9,11H,7-8H2,1H3/q+1/t11-,14?/m1/s1. The minimum Gasteiger partial charge on any atom is -0.452 e. The quantitative estimate of drug-likeness (QED) is 0.438. The van der Waals surface area contributed by atoms with E-state index < -0.39 is 0 Å². The van der Waals surface area contributed by atoms with Crippen molar-refractivity contribution in [3.05, 3.63) is 42.2 Å². The predicted octanol–water partition coefficient (Wildman–Crippen LogP) is 2.26. The van der Waals surface area contributed by atoms with E-state index in [0.29, 0.717) is 13.2 Å². The zero-order valence-electron chi connectivity index (χ0n) is 10.5. The number of aromatic nitrogens is 2. The molecule has 0 spiro atoms. The van der Waals surface area contributed by atoms with E-state index in [2.05, 4.69) is 69.2 Å². The molecule has 5 heteroatoms. The topological polar surface area (TPSA) is 27.3 Å². The van der Waals surface area contributed by atoms with Gasteiger partial charge in [0.2, 0.25) is 0 Å². The summed E-state index contributed by atoms with van der Waals surface area (Å²) in [6.07, 6.45) is 2.12. The van der Waals surface area contributed by atoms with Crippen molar-refractivity contribution in [2.24, 2.45) is 0 Å². The number of nitrogens with zero attached hydrogens (tertiary/aromatic N) is 2. The Morgan fingerprint density at radius 2 is 2.11 bits per heavy atom. The van der Waals surface area contributed by atoms with Gasteiger partial charge in [-0.2, -0.15) is 9.13 Å². The molecule has 1 aromatic carbocycles. The lowest BCUT2D eigenvalue weighted by molar-refractivity contribution is -0.696. The lowest BCUT2D eigenvalue weighted by Crippen LogP contribution is -2.37. The van der Waals surface area contributed by atoms with Crippen LogP contribution in [0.25, 0.3) is 0 Å². The molecule has 4 nitrogen and oxygen atoms in total. The fraction of sp³-hybridized carbons (Fsp3) is 0.357. The smallest absolute Gasteiger partial charge is 0.374 e. The van der Waals surface area contributed by atoms with Gasteiger partial charge in [-0.1, -0.05) is 30.3 Å². The van der Waals surface area contributed by atoms with Crippen LogP contribution in [-0.4, -0.2) is 17.8 Å². The Balaban J connectivity index is 1.81. The summed E-state index contributed by atoms with van der Waals surface area (Å²) in [5.41, 5.74) is 1.27. The van der Waals surface area contributed by atoms with Crippen molar-refractivity contribution < 1.29 is 14.0 Å². The maximum absolute atomic E-state index is 5.86. The van der Waals surface area contributed by atoms with Gasteiger partial charge in [0.25, 0.3) is 6.33 Å². The van der Waals surface area contributed by atoms with Crippen LogP contribution in [0.4, 0.5) is 0 Å². The molecule has 19 heavy (non-hydrogen) atoms. The van der Waals surface area contributed by atoms with E-state index in [1.165, 1.54) is 5.56 Å². The predicted molar refractivity (Wildman–Crippen MR) is 77.9 cm³/mol.